The van der Waals surface area contributed by atoms with Crippen LogP contribution >= 0.6 is 15.9 Å². The summed E-state index contributed by atoms with van der Waals surface area (Å²) in [5.74, 6) is -0.275. The molecule has 0 saturated carbocycles. The van der Waals surface area contributed by atoms with Crippen LogP contribution in [0.2, 0.25) is 0 Å². The van der Waals surface area contributed by atoms with Crippen LogP contribution in [0.1, 0.15) is 23.1 Å². The lowest BCUT2D eigenvalue weighted by Crippen LogP contribution is -2.12. The van der Waals surface area contributed by atoms with Crippen molar-refractivity contribution in [3.8, 4) is 0 Å². The van der Waals surface area contributed by atoms with Gasteiger partial charge in [0.2, 0.25) is 0 Å². The molecule has 3 heteroatoms. The zero-order valence-electron chi connectivity index (χ0n) is 11.4. The SMILES string of the molecule is Cc1ccccc1CCC(O)Cc1ccc(F)c(Br)c1. The van der Waals surface area contributed by atoms with Gasteiger partial charge in [0.1, 0.15) is 5.82 Å². The number of hydrogen-bond acceptors (Lipinski definition) is 1. The summed E-state index contributed by atoms with van der Waals surface area (Å²) in [4.78, 5) is 0. The quantitative estimate of drug-likeness (QED) is 0.856. The maximum Gasteiger partial charge on any atom is 0.137 e. The summed E-state index contributed by atoms with van der Waals surface area (Å²) in [6.07, 6.45) is 1.70. The van der Waals surface area contributed by atoms with Crippen molar-refractivity contribution < 1.29 is 9.50 Å². The zero-order chi connectivity index (χ0) is 14.5. The molecule has 0 amide bonds. The molecule has 1 atom stereocenters. The molecule has 0 aromatic heterocycles. The second-order valence-electron chi connectivity index (χ2n) is 5.07. The molecule has 0 heterocycles. The summed E-state index contributed by atoms with van der Waals surface area (Å²) in [5.41, 5.74) is 3.46. The number of aryl methyl sites for hydroxylation is 2. The van der Waals surface area contributed by atoms with E-state index in [2.05, 4.69) is 35.0 Å². The maximum atomic E-state index is 13.1. The largest absolute Gasteiger partial charge is 0.393 e. The lowest BCUT2D eigenvalue weighted by Gasteiger charge is -2.12. The van der Waals surface area contributed by atoms with Crippen LogP contribution in [0.3, 0.4) is 0 Å². The minimum Gasteiger partial charge on any atom is -0.393 e. The Bertz CT molecular complexity index is 583. The molecule has 1 unspecified atom stereocenters. The predicted molar refractivity (Wildman–Crippen MR) is 83.3 cm³/mol. The van der Waals surface area contributed by atoms with Crippen LogP contribution in [-0.2, 0) is 12.8 Å². The molecule has 0 radical (unpaired) electrons. The van der Waals surface area contributed by atoms with Gasteiger partial charge in [-0.3, -0.25) is 0 Å². The molecular formula is C17H18BrFO. The van der Waals surface area contributed by atoms with Gasteiger partial charge in [0.15, 0.2) is 0 Å². The topological polar surface area (TPSA) is 20.2 Å². The van der Waals surface area contributed by atoms with Crippen LogP contribution in [0, 0.1) is 12.7 Å². The molecular weight excluding hydrogens is 319 g/mol. The van der Waals surface area contributed by atoms with Gasteiger partial charge < -0.3 is 5.11 Å². The van der Waals surface area contributed by atoms with Crippen molar-refractivity contribution in [3.63, 3.8) is 0 Å². The van der Waals surface area contributed by atoms with Crippen molar-refractivity contribution in [2.24, 2.45) is 0 Å². The van der Waals surface area contributed by atoms with Crippen molar-refractivity contribution in [1.29, 1.82) is 0 Å². The summed E-state index contributed by atoms with van der Waals surface area (Å²) in [6.45, 7) is 2.08. The Labute approximate surface area is 127 Å². The zero-order valence-corrected chi connectivity index (χ0v) is 13.0. The summed E-state index contributed by atoms with van der Waals surface area (Å²) in [7, 11) is 0. The molecule has 2 aromatic carbocycles. The number of aliphatic hydroxyl groups is 1. The number of halogens is 2. The van der Waals surface area contributed by atoms with E-state index in [1.54, 1.807) is 12.1 Å². The molecule has 20 heavy (non-hydrogen) atoms. The number of hydrogen-bond donors (Lipinski definition) is 1. The third kappa shape index (κ3) is 4.15. The molecule has 0 fully saturated rings. The first-order valence-corrected chi connectivity index (χ1v) is 7.52. The van der Waals surface area contributed by atoms with E-state index in [0.29, 0.717) is 17.3 Å². The van der Waals surface area contributed by atoms with E-state index < -0.39 is 6.10 Å². The van der Waals surface area contributed by atoms with Gasteiger partial charge in [0.25, 0.3) is 0 Å². The van der Waals surface area contributed by atoms with Crippen molar-refractivity contribution in [3.05, 3.63) is 69.4 Å². The normalized spacial score (nSPS) is 12.4. The fourth-order valence-corrected chi connectivity index (χ4v) is 2.68. The smallest absolute Gasteiger partial charge is 0.137 e. The van der Waals surface area contributed by atoms with E-state index in [1.807, 2.05) is 12.1 Å². The fourth-order valence-electron chi connectivity index (χ4n) is 2.25. The maximum absolute atomic E-state index is 13.1. The molecule has 2 rings (SSSR count). The van der Waals surface area contributed by atoms with Crippen molar-refractivity contribution >= 4 is 15.9 Å². The van der Waals surface area contributed by atoms with Gasteiger partial charge in [0.05, 0.1) is 10.6 Å². The van der Waals surface area contributed by atoms with Gasteiger partial charge in [-0.1, -0.05) is 30.3 Å². The van der Waals surface area contributed by atoms with E-state index in [4.69, 9.17) is 0 Å². The van der Waals surface area contributed by atoms with Crippen LogP contribution in [0.25, 0.3) is 0 Å². The number of aliphatic hydroxyl groups excluding tert-OH is 1. The van der Waals surface area contributed by atoms with E-state index in [9.17, 15) is 9.50 Å². The molecule has 1 N–H and O–H groups in total. The van der Waals surface area contributed by atoms with Crippen LogP contribution in [0.15, 0.2) is 46.9 Å². The monoisotopic (exact) mass is 336 g/mol. The van der Waals surface area contributed by atoms with Crippen LogP contribution < -0.4 is 0 Å². The Balaban J connectivity index is 1.91. The first-order chi connectivity index (χ1) is 9.56. The lowest BCUT2D eigenvalue weighted by molar-refractivity contribution is 0.165. The average molecular weight is 337 g/mol. The standard InChI is InChI=1S/C17H18BrFO/c1-12-4-2-3-5-14(12)7-8-15(20)10-13-6-9-17(19)16(18)11-13/h2-6,9,11,15,20H,7-8,10H2,1H3. The van der Waals surface area contributed by atoms with E-state index in [-0.39, 0.29) is 5.82 Å². The van der Waals surface area contributed by atoms with Crippen LogP contribution in [-0.4, -0.2) is 11.2 Å². The predicted octanol–water partition coefficient (Wildman–Crippen LogP) is 4.43. The third-order valence-corrected chi connectivity index (χ3v) is 4.07. The minimum absolute atomic E-state index is 0.275. The van der Waals surface area contributed by atoms with Crippen LogP contribution in [0.5, 0.6) is 0 Å². The van der Waals surface area contributed by atoms with Gasteiger partial charge in [-0.25, -0.2) is 4.39 Å². The Morgan fingerprint density at radius 3 is 2.65 bits per heavy atom. The number of rotatable bonds is 5. The highest BCUT2D eigenvalue weighted by atomic mass is 79.9. The highest BCUT2D eigenvalue weighted by Crippen LogP contribution is 2.19. The van der Waals surface area contributed by atoms with Gasteiger partial charge >= 0.3 is 0 Å². The second-order valence-corrected chi connectivity index (χ2v) is 5.93. The Hall–Kier alpha value is -1.19. The van der Waals surface area contributed by atoms with Gasteiger partial charge in [-0.15, -0.1) is 0 Å². The van der Waals surface area contributed by atoms with Gasteiger partial charge in [-0.2, -0.15) is 0 Å². The molecule has 2 aromatic rings. The van der Waals surface area contributed by atoms with Gasteiger partial charge in [-0.05, 0) is 70.9 Å². The van der Waals surface area contributed by atoms with E-state index in [0.717, 1.165) is 12.0 Å². The average Bonchev–Trinajstić information content (AvgIpc) is 2.42. The number of benzene rings is 2. The van der Waals surface area contributed by atoms with E-state index >= 15 is 0 Å². The van der Waals surface area contributed by atoms with Crippen molar-refractivity contribution in [1.82, 2.24) is 0 Å². The Morgan fingerprint density at radius 2 is 1.95 bits per heavy atom. The third-order valence-electron chi connectivity index (χ3n) is 3.46. The second kappa shape index (κ2) is 7.00. The first kappa shape index (κ1) is 15.2. The van der Waals surface area contributed by atoms with Gasteiger partial charge in [0, 0.05) is 0 Å². The van der Waals surface area contributed by atoms with E-state index in [1.165, 1.54) is 17.2 Å². The summed E-state index contributed by atoms with van der Waals surface area (Å²) in [5, 5.41) is 10.1. The summed E-state index contributed by atoms with van der Waals surface area (Å²) >= 11 is 3.16. The highest BCUT2D eigenvalue weighted by molar-refractivity contribution is 9.10. The molecule has 0 saturated heterocycles. The van der Waals surface area contributed by atoms with Crippen molar-refractivity contribution in [2.75, 3.05) is 0 Å². The molecule has 106 valence electrons. The van der Waals surface area contributed by atoms with Crippen molar-refractivity contribution in [2.45, 2.75) is 32.3 Å². The summed E-state index contributed by atoms with van der Waals surface area (Å²) < 4.78 is 13.6. The molecule has 0 aliphatic rings. The fraction of sp³-hybridized carbons (Fsp3) is 0.294. The summed E-state index contributed by atoms with van der Waals surface area (Å²) in [6, 6.07) is 13.1. The molecule has 0 bridgehead atoms. The van der Waals surface area contributed by atoms with Crippen LogP contribution in [0.4, 0.5) is 4.39 Å². The minimum atomic E-state index is -0.410. The highest BCUT2D eigenvalue weighted by Gasteiger charge is 2.08. The molecule has 1 nitrogen and oxygen atoms in total. The lowest BCUT2D eigenvalue weighted by atomic mass is 9.99. The molecule has 0 spiro atoms. The first-order valence-electron chi connectivity index (χ1n) is 6.73. The Kier molecular flexibility index (Phi) is 5.32. The molecule has 0 aliphatic carbocycles. The Morgan fingerprint density at radius 1 is 1.20 bits per heavy atom. The molecule has 0 aliphatic heterocycles.